The highest BCUT2D eigenvalue weighted by Gasteiger charge is 2.83. The quantitative estimate of drug-likeness (QED) is 0.484. The van der Waals surface area contributed by atoms with E-state index in [1.54, 1.807) is 6.08 Å². The lowest BCUT2D eigenvalue weighted by atomic mass is 9.43. The highest BCUT2D eigenvalue weighted by atomic mass is 16.6. The zero-order valence-corrected chi connectivity index (χ0v) is 18.0. The smallest absolute Gasteiger partial charge is 0.309 e. The Bertz CT molecular complexity index is 907. The van der Waals surface area contributed by atoms with Crippen molar-refractivity contribution in [2.75, 3.05) is 7.11 Å². The molecule has 0 radical (unpaired) electrons. The van der Waals surface area contributed by atoms with Crippen LogP contribution in [-0.2, 0) is 28.6 Å². The van der Waals surface area contributed by atoms with Crippen LogP contribution >= 0.6 is 0 Å². The summed E-state index contributed by atoms with van der Waals surface area (Å²) in [5.41, 5.74) is -0.175. The van der Waals surface area contributed by atoms with Gasteiger partial charge in [0.1, 0.15) is 11.2 Å². The molecule has 0 amide bonds. The molecule has 2 heterocycles. The Morgan fingerprint density at radius 1 is 1.17 bits per heavy atom. The molecule has 6 nitrogen and oxygen atoms in total. The molecule has 0 N–H and O–H groups in total. The van der Waals surface area contributed by atoms with Gasteiger partial charge >= 0.3 is 11.9 Å². The van der Waals surface area contributed by atoms with E-state index in [9.17, 15) is 14.4 Å². The number of fused-ring (bicyclic) bond motifs is 4. The third-order valence-electron chi connectivity index (χ3n) is 10.2. The molecule has 2 unspecified atom stereocenters. The van der Waals surface area contributed by atoms with E-state index in [1.165, 1.54) is 7.11 Å². The van der Waals surface area contributed by atoms with Crippen molar-refractivity contribution in [3.8, 4) is 0 Å². The molecular formula is C24H30O6. The Hall–Kier alpha value is -1.69. The molecule has 2 saturated heterocycles. The molecule has 0 aromatic carbocycles. The van der Waals surface area contributed by atoms with Gasteiger partial charge in [0.05, 0.1) is 19.1 Å². The van der Waals surface area contributed by atoms with E-state index in [2.05, 4.69) is 13.8 Å². The first-order valence-electron chi connectivity index (χ1n) is 11.4. The number of methoxy groups -OCH3 is 1. The Balaban J connectivity index is 1.49. The van der Waals surface area contributed by atoms with Crippen LogP contribution < -0.4 is 0 Å². The van der Waals surface area contributed by atoms with Crippen molar-refractivity contribution < 1.29 is 28.6 Å². The van der Waals surface area contributed by atoms with E-state index < -0.39 is 11.2 Å². The van der Waals surface area contributed by atoms with E-state index in [4.69, 9.17) is 14.2 Å². The predicted octanol–water partition coefficient (Wildman–Crippen LogP) is 3.12. The predicted molar refractivity (Wildman–Crippen MR) is 105 cm³/mol. The van der Waals surface area contributed by atoms with Gasteiger partial charge in [-0.15, -0.1) is 0 Å². The van der Waals surface area contributed by atoms with E-state index in [0.29, 0.717) is 19.3 Å². The topological polar surface area (TPSA) is 82.2 Å². The average molecular weight is 414 g/mol. The Morgan fingerprint density at radius 2 is 1.97 bits per heavy atom. The first-order chi connectivity index (χ1) is 14.2. The monoisotopic (exact) mass is 414 g/mol. The fourth-order valence-corrected chi connectivity index (χ4v) is 8.69. The van der Waals surface area contributed by atoms with Gasteiger partial charge in [0, 0.05) is 29.6 Å². The average Bonchev–Trinajstić information content (AvgIpc) is 3.20. The molecule has 30 heavy (non-hydrogen) atoms. The molecule has 6 rings (SSSR count). The molecule has 162 valence electrons. The number of epoxide rings is 1. The summed E-state index contributed by atoms with van der Waals surface area (Å²) in [7, 11) is 1.45. The second kappa shape index (κ2) is 5.56. The third kappa shape index (κ3) is 1.94. The number of carbonyl (C=O) groups excluding carboxylic acids is 3. The third-order valence-corrected chi connectivity index (χ3v) is 10.2. The summed E-state index contributed by atoms with van der Waals surface area (Å²) in [5.74, 6) is -0.201. The lowest BCUT2D eigenvalue weighted by Crippen LogP contribution is -2.63. The second-order valence-electron chi connectivity index (χ2n) is 11.0. The van der Waals surface area contributed by atoms with Crippen molar-refractivity contribution in [2.24, 2.45) is 28.6 Å². The van der Waals surface area contributed by atoms with Crippen LogP contribution in [0.4, 0.5) is 0 Å². The maximum absolute atomic E-state index is 13.0. The molecule has 6 heteroatoms. The lowest BCUT2D eigenvalue weighted by molar-refractivity contribution is -0.172. The molecule has 2 spiro atoms. The molecule has 2 aliphatic heterocycles. The maximum atomic E-state index is 13.0. The van der Waals surface area contributed by atoms with Crippen LogP contribution in [-0.4, -0.2) is 42.1 Å². The highest BCUT2D eigenvalue weighted by molar-refractivity contribution is 5.92. The summed E-state index contributed by atoms with van der Waals surface area (Å²) < 4.78 is 17.9. The van der Waals surface area contributed by atoms with Crippen LogP contribution in [0.25, 0.3) is 0 Å². The summed E-state index contributed by atoms with van der Waals surface area (Å²) in [4.78, 5) is 37.4. The van der Waals surface area contributed by atoms with Crippen LogP contribution in [0.1, 0.15) is 65.2 Å². The van der Waals surface area contributed by atoms with Crippen molar-refractivity contribution in [3.05, 3.63) is 11.6 Å². The van der Waals surface area contributed by atoms with Crippen molar-refractivity contribution in [1.29, 1.82) is 0 Å². The standard InChI is InChI=1S/C24H30O6/c1-21-7-4-14(25)10-13(21)11-15(20(27)28-3)19-16-5-8-23(9-6-18(26)30-23)22(16,2)12-17-24(19,21)29-17/h10,15-17,19H,4-9,11-12H2,1-3H3/t15?,16-,17+,19-,21-,22-,23+,24?/m0/s1. The van der Waals surface area contributed by atoms with Gasteiger partial charge in [0.25, 0.3) is 0 Å². The molecule has 0 aromatic rings. The molecule has 0 aromatic heterocycles. The minimum atomic E-state index is -0.424. The first kappa shape index (κ1) is 19.0. The molecule has 0 bridgehead atoms. The fourth-order valence-electron chi connectivity index (χ4n) is 8.69. The Labute approximate surface area is 176 Å². The van der Waals surface area contributed by atoms with E-state index in [0.717, 1.165) is 37.7 Å². The zero-order chi connectivity index (χ0) is 21.1. The van der Waals surface area contributed by atoms with Crippen LogP contribution in [0, 0.1) is 28.6 Å². The summed E-state index contributed by atoms with van der Waals surface area (Å²) >= 11 is 0. The van der Waals surface area contributed by atoms with Crippen LogP contribution in [0.5, 0.6) is 0 Å². The number of hydrogen-bond acceptors (Lipinski definition) is 6. The molecule has 3 saturated carbocycles. The van der Waals surface area contributed by atoms with Gasteiger partial charge in [0.2, 0.25) is 0 Å². The van der Waals surface area contributed by atoms with Gasteiger partial charge < -0.3 is 14.2 Å². The number of rotatable bonds is 1. The zero-order valence-electron chi connectivity index (χ0n) is 18.0. The molecule has 6 aliphatic rings. The van der Waals surface area contributed by atoms with Crippen molar-refractivity contribution >= 4 is 17.7 Å². The summed E-state index contributed by atoms with van der Waals surface area (Å²) in [5, 5.41) is 0. The van der Waals surface area contributed by atoms with Gasteiger partial charge in [-0.25, -0.2) is 0 Å². The molecule has 4 aliphatic carbocycles. The van der Waals surface area contributed by atoms with Crippen LogP contribution in [0.3, 0.4) is 0 Å². The number of hydrogen-bond donors (Lipinski definition) is 0. The SMILES string of the molecule is COC(=O)C1CC2=CC(=O)CC[C@]2(C)C23O[C@@H]2C[C@@]2(C)[C@@H](CC[C@@]24CCC(=O)O4)[C@H]13. The van der Waals surface area contributed by atoms with Crippen molar-refractivity contribution in [1.82, 2.24) is 0 Å². The normalized spacial score (nSPS) is 53.2. The highest BCUT2D eigenvalue weighted by Crippen LogP contribution is 2.78. The largest absolute Gasteiger partial charge is 0.469 e. The van der Waals surface area contributed by atoms with E-state index in [-0.39, 0.29) is 52.4 Å². The van der Waals surface area contributed by atoms with Gasteiger partial charge in [-0.3, -0.25) is 14.4 Å². The fraction of sp³-hybridized carbons (Fsp3) is 0.792. The van der Waals surface area contributed by atoms with Crippen molar-refractivity contribution in [2.45, 2.75) is 82.5 Å². The van der Waals surface area contributed by atoms with Gasteiger partial charge in [-0.05, 0) is 50.5 Å². The van der Waals surface area contributed by atoms with Gasteiger partial charge in [0.15, 0.2) is 5.78 Å². The maximum Gasteiger partial charge on any atom is 0.309 e. The van der Waals surface area contributed by atoms with E-state index >= 15 is 0 Å². The lowest BCUT2D eigenvalue weighted by Gasteiger charge is -2.58. The minimum Gasteiger partial charge on any atom is -0.469 e. The van der Waals surface area contributed by atoms with E-state index in [1.807, 2.05) is 0 Å². The van der Waals surface area contributed by atoms with Crippen LogP contribution in [0.15, 0.2) is 11.6 Å². The minimum absolute atomic E-state index is 0.0303. The second-order valence-corrected chi connectivity index (χ2v) is 11.0. The summed E-state index contributed by atoms with van der Waals surface area (Å²) in [6.07, 6.45) is 7.61. The number of ketones is 1. The number of carbonyl (C=O) groups is 3. The molecule has 5 fully saturated rings. The van der Waals surface area contributed by atoms with Gasteiger partial charge in [-0.2, -0.15) is 0 Å². The van der Waals surface area contributed by atoms with Crippen LogP contribution in [0.2, 0.25) is 0 Å². The number of esters is 2. The Kier molecular flexibility index (Phi) is 3.53. The summed E-state index contributed by atoms with van der Waals surface area (Å²) in [6.45, 7) is 4.51. The molecule has 8 atom stereocenters. The van der Waals surface area contributed by atoms with Crippen molar-refractivity contribution in [3.63, 3.8) is 0 Å². The first-order valence-corrected chi connectivity index (χ1v) is 11.4. The summed E-state index contributed by atoms with van der Waals surface area (Å²) in [6, 6.07) is 0. The number of ether oxygens (including phenoxy) is 3. The van der Waals surface area contributed by atoms with Gasteiger partial charge in [-0.1, -0.05) is 19.4 Å². The molecular weight excluding hydrogens is 384 g/mol. The Morgan fingerprint density at radius 3 is 2.67 bits per heavy atom.